The summed E-state index contributed by atoms with van der Waals surface area (Å²) >= 11 is 0. The van der Waals surface area contributed by atoms with Crippen molar-refractivity contribution >= 4 is 0 Å². The van der Waals surface area contributed by atoms with E-state index in [1.165, 1.54) is 5.56 Å². The van der Waals surface area contributed by atoms with Crippen molar-refractivity contribution in [2.75, 3.05) is 33.2 Å². The number of hydrogen-bond acceptors (Lipinski definition) is 4. The quantitative estimate of drug-likeness (QED) is 0.744. The van der Waals surface area contributed by atoms with Crippen molar-refractivity contribution in [2.45, 2.75) is 45.1 Å². The Balaban J connectivity index is 1.72. The number of piperidine rings is 1. The molecule has 164 valence electrons. The summed E-state index contributed by atoms with van der Waals surface area (Å²) in [6.45, 7) is 10.3. The number of benzene rings is 1. The van der Waals surface area contributed by atoms with Gasteiger partial charge in [-0.2, -0.15) is 0 Å². The third-order valence-electron chi connectivity index (χ3n) is 7.02. The van der Waals surface area contributed by atoms with E-state index in [0.29, 0.717) is 11.8 Å². The maximum Gasteiger partial charge on any atom is 0.124 e. The van der Waals surface area contributed by atoms with Crippen LogP contribution in [0.25, 0.3) is 0 Å². The van der Waals surface area contributed by atoms with Crippen LogP contribution in [0.2, 0.25) is 0 Å². The molecule has 0 saturated carbocycles. The van der Waals surface area contributed by atoms with Gasteiger partial charge in [0.15, 0.2) is 0 Å². The van der Waals surface area contributed by atoms with E-state index in [-0.39, 0.29) is 5.41 Å². The predicted molar refractivity (Wildman–Crippen MR) is 126 cm³/mol. The Hall–Kier alpha value is -2.19. The molecule has 2 aromatic rings. The van der Waals surface area contributed by atoms with Gasteiger partial charge in [0.2, 0.25) is 0 Å². The van der Waals surface area contributed by atoms with Crippen LogP contribution in [0.3, 0.4) is 0 Å². The van der Waals surface area contributed by atoms with Gasteiger partial charge < -0.3 is 15.3 Å². The van der Waals surface area contributed by atoms with Crippen molar-refractivity contribution in [3.8, 4) is 11.8 Å². The van der Waals surface area contributed by atoms with E-state index in [1.54, 1.807) is 0 Å². The lowest BCUT2D eigenvalue weighted by Gasteiger charge is -2.55. The van der Waals surface area contributed by atoms with Crippen LogP contribution in [-0.2, 0) is 5.60 Å². The van der Waals surface area contributed by atoms with Gasteiger partial charge in [0.05, 0.1) is 0 Å². The summed E-state index contributed by atoms with van der Waals surface area (Å²) in [4.78, 5) is 6.74. The number of nitrogens with zero attached hydrogens (tertiary/aromatic N) is 2. The number of aromatic nitrogens is 1. The summed E-state index contributed by atoms with van der Waals surface area (Å²) in [5, 5.41) is 15.7. The van der Waals surface area contributed by atoms with Crippen molar-refractivity contribution in [3.05, 3.63) is 65.0 Å². The maximum atomic E-state index is 12.3. The molecule has 0 radical (unpaired) electrons. The Bertz CT molecular complexity index is 960. The van der Waals surface area contributed by atoms with Gasteiger partial charge >= 0.3 is 0 Å². The number of aliphatic hydroxyl groups is 1. The van der Waals surface area contributed by atoms with Crippen molar-refractivity contribution in [2.24, 2.45) is 11.3 Å². The molecule has 31 heavy (non-hydrogen) atoms. The Morgan fingerprint density at radius 3 is 2.42 bits per heavy atom. The first-order valence-electron chi connectivity index (χ1n) is 11.5. The molecule has 2 aliphatic rings. The fraction of sp³-hybridized carbons (Fsp3) is 0.519. The average Bonchev–Trinajstić information content (AvgIpc) is 2.77. The molecule has 0 bridgehead atoms. The van der Waals surface area contributed by atoms with Gasteiger partial charge in [0, 0.05) is 47.9 Å². The van der Waals surface area contributed by atoms with Gasteiger partial charge in [-0.05, 0) is 56.1 Å². The first-order valence-corrected chi connectivity index (χ1v) is 11.5. The van der Waals surface area contributed by atoms with Crippen LogP contribution >= 0.6 is 0 Å². The van der Waals surface area contributed by atoms with Crippen LogP contribution in [0.4, 0.5) is 0 Å². The molecule has 3 heterocycles. The molecule has 4 nitrogen and oxygen atoms in total. The average molecular weight is 418 g/mol. The minimum atomic E-state index is -1.12. The molecular weight excluding hydrogens is 382 g/mol. The number of nitrogens with one attached hydrogen (secondary N) is 1. The van der Waals surface area contributed by atoms with Gasteiger partial charge in [-0.3, -0.25) is 4.98 Å². The molecule has 4 heteroatoms. The summed E-state index contributed by atoms with van der Waals surface area (Å²) in [6, 6.07) is 10.5. The van der Waals surface area contributed by atoms with Crippen LogP contribution in [0, 0.1) is 23.2 Å². The van der Waals surface area contributed by atoms with Crippen LogP contribution in [0.5, 0.6) is 0 Å². The highest BCUT2D eigenvalue weighted by Gasteiger charge is 2.55. The zero-order valence-electron chi connectivity index (χ0n) is 19.3. The van der Waals surface area contributed by atoms with Crippen molar-refractivity contribution in [1.29, 1.82) is 0 Å². The van der Waals surface area contributed by atoms with Gasteiger partial charge in [-0.25, -0.2) is 0 Å². The summed E-state index contributed by atoms with van der Waals surface area (Å²) in [5.41, 5.74) is 2.51. The van der Waals surface area contributed by atoms with Gasteiger partial charge in [-0.1, -0.05) is 56.9 Å². The van der Waals surface area contributed by atoms with E-state index in [0.717, 1.165) is 55.7 Å². The molecule has 4 rings (SSSR count). The molecule has 0 amide bonds. The Labute approximate surface area is 187 Å². The maximum absolute atomic E-state index is 12.3. The molecule has 2 aliphatic heterocycles. The molecule has 1 aromatic heterocycles. The predicted octanol–water partition coefficient (Wildman–Crippen LogP) is 3.74. The zero-order valence-corrected chi connectivity index (χ0v) is 19.3. The van der Waals surface area contributed by atoms with E-state index in [9.17, 15) is 5.11 Å². The van der Waals surface area contributed by atoms with Crippen molar-refractivity contribution in [1.82, 2.24) is 15.2 Å². The van der Waals surface area contributed by atoms with Crippen LogP contribution in [0.1, 0.15) is 61.8 Å². The standard InChI is InChI=1S/C27H35N3O/c1-20(2)23-7-9-24(10-8-23)27(31,26(3)18-30(4)19-26)25-15-22(16-29-17-25)6-5-21-11-13-28-14-12-21/h7-10,15-17,20-21,28,31H,11-14,18-19H2,1-4H3/t27-/m0/s1. The largest absolute Gasteiger partial charge is 0.380 e. The van der Waals surface area contributed by atoms with Crippen LogP contribution in [0.15, 0.2) is 42.7 Å². The van der Waals surface area contributed by atoms with Gasteiger partial charge in [0.25, 0.3) is 0 Å². The smallest absolute Gasteiger partial charge is 0.124 e. The Morgan fingerprint density at radius 1 is 1.13 bits per heavy atom. The summed E-state index contributed by atoms with van der Waals surface area (Å²) in [6.07, 6.45) is 5.82. The third-order valence-corrected chi connectivity index (χ3v) is 7.02. The number of likely N-dealkylation sites (tertiary alicyclic amines) is 1. The van der Waals surface area contributed by atoms with E-state index in [1.807, 2.05) is 18.5 Å². The summed E-state index contributed by atoms with van der Waals surface area (Å²) in [5.74, 6) is 7.66. The monoisotopic (exact) mass is 417 g/mol. The SMILES string of the molecule is CC(C)c1ccc([C@](O)(c2cncc(C#CC3CCNCC3)c2)C2(C)CN(C)C2)cc1. The molecular formula is C27H35N3O. The number of rotatable bonds is 4. The number of hydrogen-bond donors (Lipinski definition) is 2. The van der Waals surface area contributed by atoms with Crippen molar-refractivity contribution in [3.63, 3.8) is 0 Å². The summed E-state index contributed by atoms with van der Waals surface area (Å²) < 4.78 is 0. The van der Waals surface area contributed by atoms with Gasteiger partial charge in [-0.15, -0.1) is 0 Å². The minimum Gasteiger partial charge on any atom is -0.380 e. The fourth-order valence-corrected chi connectivity index (χ4v) is 5.20. The second kappa shape index (κ2) is 8.74. The van der Waals surface area contributed by atoms with Crippen LogP contribution in [-0.4, -0.2) is 48.2 Å². The fourth-order valence-electron chi connectivity index (χ4n) is 5.20. The topological polar surface area (TPSA) is 48.4 Å². The first kappa shape index (κ1) is 22.0. The first-order chi connectivity index (χ1) is 14.8. The van der Waals surface area contributed by atoms with E-state index >= 15 is 0 Å². The highest BCUT2D eigenvalue weighted by molar-refractivity contribution is 5.44. The molecule has 0 unspecified atom stereocenters. The Morgan fingerprint density at radius 2 is 1.81 bits per heavy atom. The molecule has 0 spiro atoms. The second-order valence-corrected chi connectivity index (χ2v) is 9.98. The number of pyridine rings is 1. The highest BCUT2D eigenvalue weighted by atomic mass is 16.3. The minimum absolute atomic E-state index is 0.288. The summed E-state index contributed by atoms with van der Waals surface area (Å²) in [7, 11) is 2.10. The highest BCUT2D eigenvalue weighted by Crippen LogP contribution is 2.50. The van der Waals surface area contributed by atoms with Crippen molar-refractivity contribution < 1.29 is 5.11 Å². The lowest BCUT2D eigenvalue weighted by Crippen LogP contribution is -2.63. The van der Waals surface area contributed by atoms with Crippen LogP contribution < -0.4 is 5.32 Å². The normalized spacial score (nSPS) is 21.1. The molecule has 0 aliphatic carbocycles. The molecule has 2 fully saturated rings. The molecule has 1 atom stereocenters. The lowest BCUT2D eigenvalue weighted by molar-refractivity contribution is -0.127. The molecule has 1 aromatic carbocycles. The zero-order chi connectivity index (χ0) is 22.1. The Kier molecular flexibility index (Phi) is 6.21. The third kappa shape index (κ3) is 4.28. The molecule has 2 N–H and O–H groups in total. The van der Waals surface area contributed by atoms with E-state index in [4.69, 9.17) is 0 Å². The van der Waals surface area contributed by atoms with Gasteiger partial charge in [0.1, 0.15) is 5.60 Å². The van der Waals surface area contributed by atoms with E-state index in [2.05, 4.69) is 79.1 Å². The molecule has 2 saturated heterocycles. The second-order valence-electron chi connectivity index (χ2n) is 9.98. The lowest BCUT2D eigenvalue weighted by atomic mass is 9.62. The van der Waals surface area contributed by atoms with E-state index < -0.39 is 5.60 Å².